The predicted molar refractivity (Wildman–Crippen MR) is 104 cm³/mol. The smallest absolute Gasteiger partial charge is 0.256 e. The number of amides is 1. The molecule has 126 valence electrons. The number of hydrogen-bond donors (Lipinski definition) is 2. The summed E-state index contributed by atoms with van der Waals surface area (Å²) in [7, 11) is 0. The number of aromatic amines is 1. The highest BCUT2D eigenvalue weighted by Crippen LogP contribution is 2.38. The molecule has 0 spiro atoms. The van der Waals surface area contributed by atoms with Crippen LogP contribution < -0.4 is 10.9 Å². The molecule has 25 heavy (non-hydrogen) atoms. The fourth-order valence-corrected chi connectivity index (χ4v) is 3.73. The SMILES string of the molecule is O=C(CCCBr)Nc1ccc2c(c1)Cc1c-2[nH]c(=O)c2ccccc12. The average Bonchev–Trinajstić information content (AvgIpc) is 2.98. The third kappa shape index (κ3) is 2.89. The first-order valence-electron chi connectivity index (χ1n) is 8.30. The number of carbonyl (C=O) groups excluding carboxylic acids is 1. The Hall–Kier alpha value is -2.40. The second-order valence-electron chi connectivity index (χ2n) is 6.24. The Morgan fingerprint density at radius 1 is 1.16 bits per heavy atom. The van der Waals surface area contributed by atoms with E-state index in [1.165, 1.54) is 0 Å². The van der Waals surface area contributed by atoms with E-state index in [4.69, 9.17) is 0 Å². The van der Waals surface area contributed by atoms with Gasteiger partial charge in [-0.2, -0.15) is 0 Å². The van der Waals surface area contributed by atoms with E-state index in [9.17, 15) is 9.59 Å². The predicted octanol–water partition coefficient (Wildman–Crippen LogP) is 4.21. The van der Waals surface area contributed by atoms with E-state index in [0.717, 1.165) is 57.0 Å². The molecule has 3 aromatic rings. The number of aromatic nitrogens is 1. The van der Waals surface area contributed by atoms with Gasteiger partial charge >= 0.3 is 0 Å². The third-order valence-corrected chi connectivity index (χ3v) is 5.16. The Morgan fingerprint density at radius 2 is 1.96 bits per heavy atom. The van der Waals surface area contributed by atoms with E-state index in [2.05, 4.69) is 26.2 Å². The van der Waals surface area contributed by atoms with Gasteiger partial charge in [-0.1, -0.05) is 40.2 Å². The highest BCUT2D eigenvalue weighted by atomic mass is 79.9. The number of fused-ring (bicyclic) bond motifs is 5. The molecule has 2 aromatic carbocycles. The highest BCUT2D eigenvalue weighted by molar-refractivity contribution is 9.09. The molecule has 2 N–H and O–H groups in total. The number of pyridine rings is 1. The maximum atomic E-state index is 12.3. The molecule has 4 rings (SSSR count). The highest BCUT2D eigenvalue weighted by Gasteiger charge is 2.22. The monoisotopic (exact) mass is 396 g/mol. The molecule has 0 radical (unpaired) electrons. The largest absolute Gasteiger partial charge is 0.326 e. The van der Waals surface area contributed by atoms with E-state index in [1.54, 1.807) is 0 Å². The van der Waals surface area contributed by atoms with Gasteiger partial charge in [0.05, 0.1) is 5.69 Å². The number of H-pyrrole nitrogens is 1. The summed E-state index contributed by atoms with van der Waals surface area (Å²) in [5.41, 5.74) is 4.95. The Kier molecular flexibility index (Phi) is 4.17. The number of alkyl halides is 1. The Morgan fingerprint density at radius 3 is 2.76 bits per heavy atom. The first-order chi connectivity index (χ1) is 12.2. The molecule has 1 aliphatic rings. The van der Waals surface area contributed by atoms with Crippen molar-refractivity contribution in [1.29, 1.82) is 0 Å². The zero-order valence-electron chi connectivity index (χ0n) is 13.6. The number of anilines is 1. The molecule has 1 amide bonds. The van der Waals surface area contributed by atoms with Crippen LogP contribution in [0.3, 0.4) is 0 Å². The van der Waals surface area contributed by atoms with E-state index >= 15 is 0 Å². The van der Waals surface area contributed by atoms with Crippen LogP contribution in [-0.2, 0) is 11.2 Å². The van der Waals surface area contributed by atoms with E-state index < -0.39 is 0 Å². The quantitative estimate of drug-likeness (QED) is 0.507. The van der Waals surface area contributed by atoms with Crippen molar-refractivity contribution in [1.82, 2.24) is 4.98 Å². The van der Waals surface area contributed by atoms with E-state index in [1.807, 2.05) is 42.5 Å². The minimum Gasteiger partial charge on any atom is -0.326 e. The zero-order valence-corrected chi connectivity index (χ0v) is 15.2. The van der Waals surface area contributed by atoms with Gasteiger partial charge in [0.25, 0.3) is 5.56 Å². The van der Waals surface area contributed by atoms with Crippen LogP contribution in [0.25, 0.3) is 22.0 Å². The fourth-order valence-electron chi connectivity index (χ4n) is 3.45. The topological polar surface area (TPSA) is 62.0 Å². The number of rotatable bonds is 4. The van der Waals surface area contributed by atoms with Crippen LogP contribution >= 0.6 is 15.9 Å². The maximum Gasteiger partial charge on any atom is 0.256 e. The van der Waals surface area contributed by atoms with Gasteiger partial charge in [0.2, 0.25) is 5.91 Å². The van der Waals surface area contributed by atoms with Gasteiger partial charge in [-0.15, -0.1) is 0 Å². The zero-order chi connectivity index (χ0) is 17.4. The fraction of sp³-hybridized carbons (Fsp3) is 0.200. The maximum absolute atomic E-state index is 12.3. The van der Waals surface area contributed by atoms with Gasteiger partial charge in [0, 0.05) is 34.8 Å². The molecule has 0 atom stereocenters. The molecule has 1 aromatic heterocycles. The molecule has 0 saturated heterocycles. The molecule has 0 saturated carbocycles. The van der Waals surface area contributed by atoms with Crippen molar-refractivity contribution in [3.05, 3.63) is 63.9 Å². The number of halogens is 1. The molecular weight excluding hydrogens is 380 g/mol. The summed E-state index contributed by atoms with van der Waals surface area (Å²) in [6.07, 6.45) is 2.07. The van der Waals surface area contributed by atoms with Crippen LogP contribution in [0.15, 0.2) is 47.3 Å². The van der Waals surface area contributed by atoms with Crippen molar-refractivity contribution in [2.24, 2.45) is 0 Å². The van der Waals surface area contributed by atoms with Gasteiger partial charge in [-0.25, -0.2) is 0 Å². The van der Waals surface area contributed by atoms with Crippen LogP contribution in [-0.4, -0.2) is 16.2 Å². The molecule has 0 aliphatic heterocycles. The van der Waals surface area contributed by atoms with Crippen LogP contribution in [0.2, 0.25) is 0 Å². The Balaban J connectivity index is 1.71. The lowest BCUT2D eigenvalue weighted by molar-refractivity contribution is -0.116. The third-order valence-electron chi connectivity index (χ3n) is 4.60. The van der Waals surface area contributed by atoms with Crippen molar-refractivity contribution in [3.63, 3.8) is 0 Å². The van der Waals surface area contributed by atoms with Gasteiger partial charge in [0.1, 0.15) is 0 Å². The van der Waals surface area contributed by atoms with Crippen molar-refractivity contribution in [3.8, 4) is 11.3 Å². The molecule has 1 aliphatic carbocycles. The molecule has 0 unspecified atom stereocenters. The number of benzene rings is 2. The minimum atomic E-state index is -0.0608. The molecule has 5 heteroatoms. The summed E-state index contributed by atoms with van der Waals surface area (Å²) >= 11 is 3.34. The van der Waals surface area contributed by atoms with Gasteiger partial charge < -0.3 is 10.3 Å². The lowest BCUT2D eigenvalue weighted by Gasteiger charge is -2.07. The van der Waals surface area contributed by atoms with Crippen molar-refractivity contribution >= 4 is 38.3 Å². The van der Waals surface area contributed by atoms with Crippen LogP contribution in [0, 0.1) is 0 Å². The Bertz CT molecular complexity index is 1040. The molecule has 0 fully saturated rings. The normalized spacial score (nSPS) is 12.0. The summed E-state index contributed by atoms with van der Waals surface area (Å²) < 4.78 is 0. The molecular formula is C20H17BrN2O2. The summed E-state index contributed by atoms with van der Waals surface area (Å²) in [5, 5.41) is 5.49. The van der Waals surface area contributed by atoms with Crippen LogP contribution in [0.1, 0.15) is 24.0 Å². The Labute approximate surface area is 153 Å². The first-order valence-corrected chi connectivity index (χ1v) is 9.42. The van der Waals surface area contributed by atoms with Crippen molar-refractivity contribution < 1.29 is 4.79 Å². The summed E-state index contributed by atoms with van der Waals surface area (Å²) in [5.74, 6) is 0.0220. The van der Waals surface area contributed by atoms with E-state index in [-0.39, 0.29) is 11.5 Å². The molecule has 4 nitrogen and oxygen atoms in total. The van der Waals surface area contributed by atoms with Gasteiger partial charge in [0.15, 0.2) is 0 Å². The summed E-state index contributed by atoms with van der Waals surface area (Å²) in [6.45, 7) is 0. The second-order valence-corrected chi connectivity index (χ2v) is 7.04. The van der Waals surface area contributed by atoms with E-state index in [0.29, 0.717) is 6.42 Å². The molecule has 0 bridgehead atoms. The number of carbonyl (C=O) groups is 1. The van der Waals surface area contributed by atoms with Gasteiger partial charge in [-0.3, -0.25) is 9.59 Å². The second kappa shape index (κ2) is 6.48. The molecule has 1 heterocycles. The van der Waals surface area contributed by atoms with Crippen molar-refractivity contribution in [2.75, 3.05) is 10.6 Å². The summed E-state index contributed by atoms with van der Waals surface area (Å²) in [6, 6.07) is 13.6. The average molecular weight is 397 g/mol. The van der Waals surface area contributed by atoms with Gasteiger partial charge in [-0.05, 0) is 41.1 Å². The minimum absolute atomic E-state index is 0.0220. The van der Waals surface area contributed by atoms with Crippen molar-refractivity contribution in [2.45, 2.75) is 19.3 Å². The summed E-state index contributed by atoms with van der Waals surface area (Å²) in [4.78, 5) is 27.3. The van der Waals surface area contributed by atoms with Crippen LogP contribution in [0.5, 0.6) is 0 Å². The number of hydrogen-bond acceptors (Lipinski definition) is 2. The van der Waals surface area contributed by atoms with Crippen LogP contribution in [0.4, 0.5) is 5.69 Å². The lowest BCUT2D eigenvalue weighted by atomic mass is 10.0. The number of nitrogens with one attached hydrogen (secondary N) is 2. The standard InChI is InChI=1S/C20H17BrN2O2/c21-9-3-6-18(24)22-13-7-8-14-12(10-13)11-17-15-4-1-2-5-16(15)20(25)23-19(14)17/h1-2,4-5,7-8,10H,3,6,9,11H2,(H,22,24)(H,23,25). The lowest BCUT2D eigenvalue weighted by Crippen LogP contribution is -2.11. The first kappa shape index (κ1) is 16.1.